The number of carboxylic acids is 1. The van der Waals surface area contributed by atoms with Crippen molar-refractivity contribution >= 4 is 17.6 Å². The van der Waals surface area contributed by atoms with Crippen LogP contribution >= 0.6 is 0 Å². The molecule has 1 aromatic carbocycles. The van der Waals surface area contributed by atoms with Gasteiger partial charge in [0.1, 0.15) is 0 Å². The van der Waals surface area contributed by atoms with E-state index in [0.29, 0.717) is 12.8 Å². The van der Waals surface area contributed by atoms with Crippen LogP contribution in [0.4, 0.5) is 5.69 Å². The van der Waals surface area contributed by atoms with Gasteiger partial charge in [0.25, 0.3) is 0 Å². The van der Waals surface area contributed by atoms with Crippen LogP contribution in [0.3, 0.4) is 0 Å². The third-order valence-electron chi connectivity index (χ3n) is 3.72. The van der Waals surface area contributed by atoms with Crippen molar-refractivity contribution in [2.45, 2.75) is 33.1 Å². The molecule has 0 saturated carbocycles. The lowest BCUT2D eigenvalue weighted by molar-refractivity contribution is -0.146. The van der Waals surface area contributed by atoms with E-state index in [-0.39, 0.29) is 5.91 Å². The smallest absolute Gasteiger partial charge is 0.309 e. The monoisotopic (exact) mass is 261 g/mol. The van der Waals surface area contributed by atoms with Gasteiger partial charge in [-0.05, 0) is 43.9 Å². The molecule has 4 nitrogen and oxygen atoms in total. The van der Waals surface area contributed by atoms with Gasteiger partial charge in [-0.1, -0.05) is 12.1 Å². The predicted octanol–water partition coefficient (Wildman–Crippen LogP) is 2.25. The molecular weight excluding hydrogens is 242 g/mol. The molecule has 1 amide bonds. The lowest BCUT2D eigenvalue weighted by Gasteiger charge is -2.27. The quantitative estimate of drug-likeness (QED) is 0.908. The van der Waals surface area contributed by atoms with Crippen LogP contribution in [0.25, 0.3) is 0 Å². The van der Waals surface area contributed by atoms with Crippen LogP contribution < -0.4 is 4.90 Å². The number of carbonyl (C=O) groups excluding carboxylic acids is 1. The fourth-order valence-electron chi connectivity index (χ4n) is 2.37. The maximum absolute atomic E-state index is 11.7. The first-order chi connectivity index (χ1) is 8.81. The molecule has 1 aromatic rings. The first kappa shape index (κ1) is 13.6. The Morgan fingerprint density at radius 2 is 2.05 bits per heavy atom. The molecule has 1 N–H and O–H groups in total. The molecule has 0 fully saturated rings. The Hall–Kier alpha value is -1.84. The molecule has 0 aliphatic carbocycles. The zero-order valence-corrected chi connectivity index (χ0v) is 11.6. The minimum absolute atomic E-state index is 0.113. The van der Waals surface area contributed by atoms with Gasteiger partial charge >= 0.3 is 5.97 Å². The molecule has 1 heterocycles. The van der Waals surface area contributed by atoms with Crippen LogP contribution in [0.1, 0.15) is 31.4 Å². The number of benzene rings is 1. The summed E-state index contributed by atoms with van der Waals surface area (Å²) in [6.07, 6.45) is 1.77. The highest BCUT2D eigenvalue weighted by Gasteiger charge is 2.28. The van der Waals surface area contributed by atoms with E-state index in [1.165, 1.54) is 0 Å². The highest BCUT2D eigenvalue weighted by Crippen LogP contribution is 2.30. The Morgan fingerprint density at radius 3 is 2.68 bits per heavy atom. The van der Waals surface area contributed by atoms with Crippen molar-refractivity contribution in [2.24, 2.45) is 5.41 Å². The van der Waals surface area contributed by atoms with Gasteiger partial charge in [0.05, 0.1) is 5.41 Å². The third kappa shape index (κ3) is 2.62. The first-order valence-electron chi connectivity index (χ1n) is 6.43. The lowest BCUT2D eigenvalue weighted by atomic mass is 9.85. The second kappa shape index (κ2) is 4.68. The maximum Gasteiger partial charge on any atom is 0.309 e. The van der Waals surface area contributed by atoms with Crippen molar-refractivity contribution in [1.82, 2.24) is 0 Å². The topological polar surface area (TPSA) is 57.6 Å². The molecule has 2 rings (SSSR count). The average Bonchev–Trinajstić information content (AvgIpc) is 2.34. The standard InChI is InChI=1S/C15H19NO3/c1-15(2,14(18)19)9-10-4-5-11-6-7-13(17)16(3)12(11)8-10/h4-5,8H,6-7,9H2,1-3H3,(H,18,19). The maximum atomic E-state index is 11.7. The van der Waals surface area contributed by atoms with E-state index >= 15 is 0 Å². The van der Waals surface area contributed by atoms with Crippen LogP contribution in [-0.4, -0.2) is 24.0 Å². The summed E-state index contributed by atoms with van der Waals surface area (Å²) in [6.45, 7) is 3.42. The van der Waals surface area contributed by atoms with Gasteiger partial charge in [-0.15, -0.1) is 0 Å². The number of hydrogen-bond acceptors (Lipinski definition) is 2. The van der Waals surface area contributed by atoms with Crippen molar-refractivity contribution in [3.05, 3.63) is 29.3 Å². The van der Waals surface area contributed by atoms with Gasteiger partial charge in [0.2, 0.25) is 5.91 Å². The molecule has 19 heavy (non-hydrogen) atoms. The van der Waals surface area contributed by atoms with Gasteiger partial charge in [-0.2, -0.15) is 0 Å². The Labute approximate surface area is 113 Å². The predicted molar refractivity (Wildman–Crippen MR) is 73.3 cm³/mol. The first-order valence-corrected chi connectivity index (χ1v) is 6.43. The number of rotatable bonds is 3. The number of fused-ring (bicyclic) bond motifs is 1. The number of nitrogens with zero attached hydrogens (tertiary/aromatic N) is 1. The molecule has 4 heteroatoms. The molecule has 0 bridgehead atoms. The highest BCUT2D eigenvalue weighted by molar-refractivity contribution is 5.96. The van der Waals surface area contributed by atoms with Crippen LogP contribution in [-0.2, 0) is 22.4 Å². The van der Waals surface area contributed by atoms with E-state index in [9.17, 15) is 14.7 Å². The van der Waals surface area contributed by atoms with Crippen LogP contribution in [0.5, 0.6) is 0 Å². The Balaban J connectivity index is 2.31. The second-order valence-corrected chi connectivity index (χ2v) is 5.78. The molecule has 1 aliphatic rings. The fraction of sp³-hybridized carbons (Fsp3) is 0.467. The van der Waals surface area contributed by atoms with E-state index in [1.54, 1.807) is 25.8 Å². The Kier molecular flexibility index (Phi) is 3.35. The number of carboxylic acid groups (broad SMARTS) is 1. The largest absolute Gasteiger partial charge is 0.481 e. The number of carbonyl (C=O) groups is 2. The van der Waals surface area contributed by atoms with Crippen molar-refractivity contribution in [2.75, 3.05) is 11.9 Å². The van der Waals surface area contributed by atoms with Gasteiger partial charge in [0, 0.05) is 19.2 Å². The average molecular weight is 261 g/mol. The molecule has 0 unspecified atom stereocenters. The number of anilines is 1. The molecule has 0 spiro atoms. The third-order valence-corrected chi connectivity index (χ3v) is 3.72. The van der Waals surface area contributed by atoms with Crippen molar-refractivity contribution in [3.8, 4) is 0 Å². The fourth-order valence-corrected chi connectivity index (χ4v) is 2.37. The number of aryl methyl sites for hydroxylation is 1. The molecule has 1 aliphatic heterocycles. The zero-order valence-electron chi connectivity index (χ0n) is 11.6. The van der Waals surface area contributed by atoms with Crippen molar-refractivity contribution in [1.29, 1.82) is 0 Å². The van der Waals surface area contributed by atoms with Gasteiger partial charge in [-0.3, -0.25) is 9.59 Å². The van der Waals surface area contributed by atoms with Crippen LogP contribution in [0, 0.1) is 5.41 Å². The molecule has 102 valence electrons. The molecule has 0 aromatic heterocycles. The van der Waals surface area contributed by atoms with E-state index in [4.69, 9.17) is 0 Å². The molecule has 0 atom stereocenters. The van der Waals surface area contributed by atoms with Gasteiger partial charge in [-0.25, -0.2) is 0 Å². The molecule has 0 radical (unpaired) electrons. The summed E-state index contributed by atoms with van der Waals surface area (Å²) < 4.78 is 0. The summed E-state index contributed by atoms with van der Waals surface area (Å²) in [5, 5.41) is 9.17. The minimum Gasteiger partial charge on any atom is -0.481 e. The lowest BCUT2D eigenvalue weighted by Crippen LogP contribution is -2.31. The Bertz CT molecular complexity index is 534. The Morgan fingerprint density at radius 1 is 1.37 bits per heavy atom. The molecular formula is C15H19NO3. The summed E-state index contributed by atoms with van der Waals surface area (Å²) >= 11 is 0. The second-order valence-electron chi connectivity index (χ2n) is 5.78. The van der Waals surface area contributed by atoms with E-state index in [1.807, 2.05) is 18.2 Å². The van der Waals surface area contributed by atoms with Crippen molar-refractivity contribution in [3.63, 3.8) is 0 Å². The van der Waals surface area contributed by atoms with Gasteiger partial charge < -0.3 is 10.0 Å². The summed E-state index contributed by atoms with van der Waals surface area (Å²) in [5.41, 5.74) is 2.22. The molecule has 0 saturated heterocycles. The van der Waals surface area contributed by atoms with E-state index < -0.39 is 11.4 Å². The van der Waals surface area contributed by atoms with Crippen LogP contribution in [0.15, 0.2) is 18.2 Å². The summed E-state index contributed by atoms with van der Waals surface area (Å²) in [6, 6.07) is 5.91. The number of aliphatic carboxylic acids is 1. The summed E-state index contributed by atoms with van der Waals surface area (Å²) in [5.74, 6) is -0.697. The summed E-state index contributed by atoms with van der Waals surface area (Å²) in [4.78, 5) is 24.5. The minimum atomic E-state index is -0.811. The van der Waals surface area contributed by atoms with Gasteiger partial charge in [0.15, 0.2) is 0 Å². The SMILES string of the molecule is CN1C(=O)CCc2ccc(CC(C)(C)C(=O)O)cc21. The number of hydrogen-bond donors (Lipinski definition) is 1. The number of amides is 1. The van der Waals surface area contributed by atoms with E-state index in [2.05, 4.69) is 0 Å². The summed E-state index contributed by atoms with van der Waals surface area (Å²) in [7, 11) is 1.77. The zero-order chi connectivity index (χ0) is 14.2. The normalized spacial score (nSPS) is 15.3. The van der Waals surface area contributed by atoms with E-state index in [0.717, 1.165) is 23.2 Å². The van der Waals surface area contributed by atoms with Crippen molar-refractivity contribution < 1.29 is 14.7 Å². The van der Waals surface area contributed by atoms with Crippen LogP contribution in [0.2, 0.25) is 0 Å². The highest BCUT2D eigenvalue weighted by atomic mass is 16.4.